The number of anilines is 1. The van der Waals surface area contributed by atoms with Gasteiger partial charge >= 0.3 is 0 Å². The van der Waals surface area contributed by atoms with E-state index in [0.717, 1.165) is 36.3 Å². The molecule has 176 valence electrons. The molecular weight excluding hydrogens is 430 g/mol. The Hall–Kier alpha value is -3.59. The van der Waals surface area contributed by atoms with E-state index in [1.54, 1.807) is 12.4 Å². The number of Topliss-reactive ketones (excluding diaryl/α,β-unsaturated/α-hetero) is 1. The third kappa shape index (κ3) is 4.07. The molecule has 0 spiro atoms. The van der Waals surface area contributed by atoms with Crippen LogP contribution in [0.15, 0.2) is 41.4 Å². The fraction of sp³-hybridized carbons (Fsp3) is 0.400. The molecule has 1 saturated heterocycles. The highest BCUT2D eigenvalue weighted by molar-refractivity contribution is 5.99. The van der Waals surface area contributed by atoms with E-state index >= 15 is 0 Å². The predicted octanol–water partition coefficient (Wildman–Crippen LogP) is 4.03. The molecule has 34 heavy (non-hydrogen) atoms. The van der Waals surface area contributed by atoms with Gasteiger partial charge in [0.25, 0.3) is 0 Å². The number of nitrogens with two attached hydrogens (primary N) is 1. The average molecular weight is 460 g/mol. The van der Waals surface area contributed by atoms with E-state index in [-0.39, 0.29) is 22.7 Å². The quantitative estimate of drug-likeness (QED) is 0.430. The van der Waals surface area contributed by atoms with Crippen LogP contribution in [0.1, 0.15) is 49.3 Å². The Morgan fingerprint density at radius 2 is 2.06 bits per heavy atom. The first-order valence-electron chi connectivity index (χ1n) is 11.5. The molecule has 9 nitrogen and oxygen atoms in total. The van der Waals surface area contributed by atoms with E-state index < -0.39 is 0 Å². The van der Waals surface area contributed by atoms with Crippen molar-refractivity contribution in [3.05, 3.63) is 48.4 Å². The summed E-state index contributed by atoms with van der Waals surface area (Å²) in [5.41, 5.74) is 10.1. The van der Waals surface area contributed by atoms with E-state index in [9.17, 15) is 4.79 Å². The second-order valence-corrected chi connectivity index (χ2v) is 9.94. The Bertz CT molecular complexity index is 1360. The monoisotopic (exact) mass is 459 g/mol. The maximum absolute atomic E-state index is 13.2. The molecule has 5 heterocycles. The number of rotatable bonds is 6. The molecule has 0 bridgehead atoms. The van der Waals surface area contributed by atoms with Crippen LogP contribution in [-0.2, 0) is 0 Å². The lowest BCUT2D eigenvalue weighted by atomic mass is 9.89. The highest BCUT2D eigenvalue weighted by Crippen LogP contribution is 2.35. The molecule has 1 aliphatic rings. The van der Waals surface area contributed by atoms with Crippen molar-refractivity contribution in [2.75, 3.05) is 19.3 Å². The van der Waals surface area contributed by atoms with E-state index in [2.05, 4.69) is 40.7 Å². The number of hydrogen-bond donors (Lipinski definition) is 1. The van der Waals surface area contributed by atoms with Gasteiger partial charge in [-0.15, -0.1) is 0 Å². The van der Waals surface area contributed by atoms with Crippen LogP contribution >= 0.6 is 0 Å². The van der Waals surface area contributed by atoms with Crippen molar-refractivity contribution >= 4 is 17.2 Å². The van der Waals surface area contributed by atoms with Crippen LogP contribution in [-0.4, -0.2) is 54.7 Å². The number of aromatic nitrogens is 5. The highest BCUT2D eigenvalue weighted by Gasteiger charge is 2.35. The molecule has 5 rings (SSSR count). The Kier molecular flexibility index (Phi) is 5.44. The van der Waals surface area contributed by atoms with Crippen molar-refractivity contribution in [3.63, 3.8) is 0 Å². The van der Waals surface area contributed by atoms with Gasteiger partial charge < -0.3 is 19.5 Å². The number of fused-ring (bicyclic) bond motifs is 1. The van der Waals surface area contributed by atoms with Crippen LogP contribution in [0.5, 0.6) is 0 Å². The van der Waals surface area contributed by atoms with Gasteiger partial charge in [0, 0.05) is 42.7 Å². The maximum Gasteiger partial charge on any atom is 0.247 e. The van der Waals surface area contributed by atoms with Gasteiger partial charge in [0.2, 0.25) is 5.89 Å². The van der Waals surface area contributed by atoms with E-state index in [1.807, 2.05) is 29.7 Å². The zero-order chi connectivity index (χ0) is 24.0. The summed E-state index contributed by atoms with van der Waals surface area (Å²) in [5.74, 6) is 0.274. The smallest absolute Gasteiger partial charge is 0.247 e. The third-order valence-corrected chi connectivity index (χ3v) is 6.58. The lowest BCUT2D eigenvalue weighted by Crippen LogP contribution is -2.26. The summed E-state index contributed by atoms with van der Waals surface area (Å²) in [7, 11) is 2.12. The Morgan fingerprint density at radius 3 is 2.76 bits per heavy atom. The largest absolute Gasteiger partial charge is 0.443 e. The third-order valence-electron chi connectivity index (χ3n) is 6.58. The van der Waals surface area contributed by atoms with Crippen LogP contribution in [0.3, 0.4) is 0 Å². The molecule has 0 aromatic carbocycles. The topological polar surface area (TPSA) is 115 Å². The molecule has 0 aliphatic carbocycles. The molecule has 1 unspecified atom stereocenters. The second-order valence-electron chi connectivity index (χ2n) is 9.94. The minimum absolute atomic E-state index is 0.0851. The minimum Gasteiger partial charge on any atom is -0.443 e. The van der Waals surface area contributed by atoms with E-state index in [1.165, 1.54) is 6.26 Å². The van der Waals surface area contributed by atoms with Gasteiger partial charge in [-0.25, -0.2) is 19.9 Å². The SMILES string of the molecule is Cc1cnc2ccc(-c3nc(C(=O)CCC4CC(C)(C)CN4C)c(N)nc3-c3ncco3)cn12. The molecule has 0 saturated carbocycles. The van der Waals surface area contributed by atoms with Crippen molar-refractivity contribution in [3.8, 4) is 22.8 Å². The molecule has 1 fully saturated rings. The second kappa shape index (κ2) is 8.32. The van der Waals surface area contributed by atoms with Crippen LogP contribution in [0.4, 0.5) is 5.82 Å². The first-order chi connectivity index (χ1) is 16.2. The zero-order valence-electron chi connectivity index (χ0n) is 19.9. The van der Waals surface area contributed by atoms with Gasteiger partial charge in [-0.05, 0) is 44.4 Å². The number of hydrogen-bond acceptors (Lipinski definition) is 8. The number of carbonyl (C=O) groups is 1. The van der Waals surface area contributed by atoms with Crippen LogP contribution in [0, 0.1) is 12.3 Å². The number of oxazole rings is 1. The van der Waals surface area contributed by atoms with Gasteiger partial charge in [-0.3, -0.25) is 4.79 Å². The first kappa shape index (κ1) is 22.2. The Balaban J connectivity index is 1.51. The zero-order valence-corrected chi connectivity index (χ0v) is 19.9. The summed E-state index contributed by atoms with van der Waals surface area (Å²) in [6, 6.07) is 4.17. The van der Waals surface area contributed by atoms with Gasteiger partial charge in [-0.1, -0.05) is 13.8 Å². The molecule has 0 radical (unpaired) electrons. The minimum atomic E-state index is -0.108. The number of nitrogen functional groups attached to an aromatic ring is 1. The van der Waals surface area contributed by atoms with E-state index in [4.69, 9.17) is 15.1 Å². The number of nitrogens with zero attached hydrogens (tertiary/aromatic N) is 6. The van der Waals surface area contributed by atoms with Crippen LogP contribution in [0.25, 0.3) is 28.5 Å². The van der Waals surface area contributed by atoms with Crippen molar-refractivity contribution < 1.29 is 9.21 Å². The molecule has 4 aromatic rings. The fourth-order valence-corrected chi connectivity index (χ4v) is 4.99. The predicted molar refractivity (Wildman–Crippen MR) is 129 cm³/mol. The molecular formula is C25H29N7O2. The molecule has 0 amide bonds. The first-order valence-corrected chi connectivity index (χ1v) is 11.5. The Morgan fingerprint density at radius 1 is 1.24 bits per heavy atom. The summed E-state index contributed by atoms with van der Waals surface area (Å²) in [6.45, 7) is 7.53. The van der Waals surface area contributed by atoms with Crippen LogP contribution < -0.4 is 5.73 Å². The highest BCUT2D eigenvalue weighted by atomic mass is 16.3. The molecule has 1 aliphatic heterocycles. The van der Waals surface area contributed by atoms with Crippen molar-refractivity contribution in [1.29, 1.82) is 0 Å². The van der Waals surface area contributed by atoms with Gasteiger partial charge in [0.05, 0.1) is 6.20 Å². The lowest BCUT2D eigenvalue weighted by molar-refractivity contribution is 0.0966. The average Bonchev–Trinajstić information content (AvgIpc) is 3.51. The Labute approximate surface area is 198 Å². The number of pyridine rings is 1. The van der Waals surface area contributed by atoms with Crippen molar-refractivity contribution in [2.45, 2.75) is 46.1 Å². The standard InChI is InChI=1S/C25H29N7O2/c1-15-12-28-19-8-5-16(13-32(15)19)20-22(24-27-9-10-34-24)30-23(26)21(29-20)18(33)7-6-17-11-25(2,3)14-31(17)4/h5,8-10,12-13,17H,6-7,11,14H2,1-4H3,(H2,26,30). The number of likely N-dealkylation sites (tertiary alicyclic amines) is 1. The normalized spacial score (nSPS) is 18.1. The van der Waals surface area contributed by atoms with Gasteiger partial charge in [0.1, 0.15) is 23.3 Å². The number of aryl methyl sites for hydroxylation is 1. The number of carbonyl (C=O) groups excluding carboxylic acids is 1. The van der Waals surface area contributed by atoms with Crippen LogP contribution in [0.2, 0.25) is 0 Å². The summed E-state index contributed by atoms with van der Waals surface area (Å²) in [5, 5.41) is 0. The summed E-state index contributed by atoms with van der Waals surface area (Å²) < 4.78 is 7.46. The molecule has 4 aromatic heterocycles. The van der Waals surface area contributed by atoms with Crippen molar-refractivity contribution in [2.24, 2.45) is 5.41 Å². The summed E-state index contributed by atoms with van der Waals surface area (Å²) >= 11 is 0. The maximum atomic E-state index is 13.2. The summed E-state index contributed by atoms with van der Waals surface area (Å²) in [4.78, 5) is 33.4. The van der Waals surface area contributed by atoms with Gasteiger partial charge in [0.15, 0.2) is 17.3 Å². The molecule has 2 N–H and O–H groups in total. The van der Waals surface area contributed by atoms with Crippen molar-refractivity contribution in [1.82, 2.24) is 29.2 Å². The summed E-state index contributed by atoms with van der Waals surface area (Å²) in [6.07, 6.45) is 8.93. The van der Waals surface area contributed by atoms with E-state index in [0.29, 0.717) is 29.7 Å². The van der Waals surface area contributed by atoms with Gasteiger partial charge in [-0.2, -0.15) is 0 Å². The molecule has 1 atom stereocenters. The molecule has 9 heteroatoms. The number of imidazole rings is 1. The lowest BCUT2D eigenvalue weighted by Gasteiger charge is -2.18. The number of ketones is 1. The fourth-order valence-electron chi connectivity index (χ4n) is 4.99.